The molecule has 0 heterocycles. The Bertz CT molecular complexity index is 342. The zero-order chi connectivity index (χ0) is 10.5. The Balaban J connectivity index is 0.000000671. The van der Waals surface area contributed by atoms with E-state index in [9.17, 15) is 12.8 Å². The number of hydrogen-bond acceptors (Lipinski definition) is 2. The van der Waals surface area contributed by atoms with Gasteiger partial charge in [-0.15, -0.1) is 0 Å². The monoisotopic (exact) mass is 205 g/mol. The molecule has 0 saturated heterocycles. The maximum Gasteiger partial charge on any atom is 0.294 e. The Morgan fingerprint density at radius 3 is 1.85 bits per heavy atom. The molecule has 0 amide bonds. The zero-order valence-corrected chi connectivity index (χ0v) is 8.18. The maximum atomic E-state index is 10.5. The largest absolute Gasteiger partial charge is 0.294 e. The molecule has 0 saturated carbocycles. The molecule has 0 radical (unpaired) electrons. The fourth-order valence-corrected chi connectivity index (χ4v) is 1.19. The van der Waals surface area contributed by atoms with E-state index in [-0.39, 0.29) is 4.90 Å². The summed E-state index contributed by atoms with van der Waals surface area (Å²) in [6.07, 6.45) is 0. The fourth-order valence-electron chi connectivity index (χ4n) is 0.710. The van der Waals surface area contributed by atoms with Crippen molar-refractivity contribution in [1.82, 2.24) is 0 Å². The second-order valence-electron chi connectivity index (χ2n) is 2.29. The third kappa shape index (κ3) is 4.00. The lowest BCUT2D eigenvalue weighted by molar-refractivity contribution is 0.483. The van der Waals surface area contributed by atoms with Crippen LogP contribution >= 0.6 is 0 Å². The summed E-state index contributed by atoms with van der Waals surface area (Å²) in [4.78, 5) is -0.0666. The van der Waals surface area contributed by atoms with Crippen LogP contribution in [-0.4, -0.2) is 20.1 Å². The minimum Gasteiger partial charge on any atom is -0.282 e. The summed E-state index contributed by atoms with van der Waals surface area (Å²) in [6.45, 7) is 1.84. The van der Waals surface area contributed by atoms with Crippen molar-refractivity contribution in [3.63, 3.8) is 0 Å². The van der Waals surface area contributed by atoms with Gasteiger partial charge in [0.05, 0.1) is 12.1 Å². The van der Waals surface area contributed by atoms with Gasteiger partial charge in [-0.05, 0) is 19.1 Å². The molecule has 74 valence electrons. The van der Waals surface area contributed by atoms with Crippen molar-refractivity contribution in [3.05, 3.63) is 29.8 Å². The molecular weight excluding hydrogens is 194 g/mol. The molecular formula is C8H11FO3S. The van der Waals surface area contributed by atoms with E-state index in [1.54, 1.807) is 12.1 Å². The Labute approximate surface area is 77.0 Å². The van der Waals surface area contributed by atoms with Crippen LogP contribution in [0.2, 0.25) is 0 Å². The first-order valence-electron chi connectivity index (χ1n) is 3.42. The van der Waals surface area contributed by atoms with E-state index in [0.717, 1.165) is 5.56 Å². The van der Waals surface area contributed by atoms with Crippen LogP contribution in [0.3, 0.4) is 0 Å². The second kappa shape index (κ2) is 4.94. The second-order valence-corrected chi connectivity index (χ2v) is 3.71. The first-order valence-corrected chi connectivity index (χ1v) is 4.86. The van der Waals surface area contributed by atoms with Crippen molar-refractivity contribution in [2.45, 2.75) is 11.8 Å². The number of halogens is 1. The predicted octanol–water partition coefficient (Wildman–Crippen LogP) is 1.83. The van der Waals surface area contributed by atoms with E-state index in [1.165, 1.54) is 12.1 Å². The van der Waals surface area contributed by atoms with Gasteiger partial charge >= 0.3 is 0 Å². The van der Waals surface area contributed by atoms with Gasteiger partial charge in [-0.3, -0.25) is 8.94 Å². The van der Waals surface area contributed by atoms with Crippen molar-refractivity contribution in [2.75, 3.05) is 7.18 Å². The van der Waals surface area contributed by atoms with Gasteiger partial charge in [0, 0.05) is 0 Å². The van der Waals surface area contributed by atoms with Gasteiger partial charge in [-0.25, -0.2) is 0 Å². The molecule has 0 unspecified atom stereocenters. The highest BCUT2D eigenvalue weighted by molar-refractivity contribution is 7.85. The van der Waals surface area contributed by atoms with Gasteiger partial charge in [-0.1, -0.05) is 17.7 Å². The molecule has 0 atom stereocenters. The van der Waals surface area contributed by atoms with E-state index in [2.05, 4.69) is 0 Å². The number of aryl methyl sites for hydroxylation is 1. The van der Waals surface area contributed by atoms with Crippen molar-refractivity contribution >= 4 is 10.1 Å². The minimum atomic E-state index is -4.02. The average Bonchev–Trinajstić information content (AvgIpc) is 2.07. The summed E-state index contributed by atoms with van der Waals surface area (Å²) in [5.41, 5.74) is 0.956. The maximum absolute atomic E-state index is 10.5. The average molecular weight is 205 g/mol. The summed E-state index contributed by atoms with van der Waals surface area (Å²) in [5.74, 6) is 0. The number of rotatable bonds is 1. The first kappa shape index (κ1) is 12.1. The Morgan fingerprint density at radius 2 is 1.54 bits per heavy atom. The van der Waals surface area contributed by atoms with Crippen LogP contribution in [0, 0.1) is 6.92 Å². The molecule has 13 heavy (non-hydrogen) atoms. The van der Waals surface area contributed by atoms with Gasteiger partial charge in [-0.2, -0.15) is 8.42 Å². The van der Waals surface area contributed by atoms with E-state index < -0.39 is 10.1 Å². The molecule has 0 spiro atoms. The van der Waals surface area contributed by atoms with Crippen LogP contribution in [0.4, 0.5) is 4.39 Å². The van der Waals surface area contributed by atoms with Gasteiger partial charge < -0.3 is 0 Å². The standard InChI is InChI=1S/C7H8O3S.CH3F/c1-6-2-4-7(5-3-6)11(8,9)10;1-2/h2-5H,1H3,(H,8,9,10);1H3/i;2-1. The molecule has 5 heteroatoms. The van der Waals surface area contributed by atoms with Gasteiger partial charge in [0.2, 0.25) is 0 Å². The molecule has 0 aliphatic heterocycles. The van der Waals surface area contributed by atoms with E-state index in [4.69, 9.17) is 4.55 Å². The third-order valence-corrected chi connectivity index (χ3v) is 2.19. The topological polar surface area (TPSA) is 54.4 Å². The van der Waals surface area contributed by atoms with E-state index >= 15 is 0 Å². The van der Waals surface area contributed by atoms with Crippen LogP contribution in [0.5, 0.6) is 0 Å². The van der Waals surface area contributed by atoms with Gasteiger partial charge in [0.15, 0.2) is 0 Å². The highest BCUT2D eigenvalue weighted by atomic mass is 32.2. The third-order valence-electron chi connectivity index (χ3n) is 1.32. The van der Waals surface area contributed by atoms with Gasteiger partial charge in [0.25, 0.3) is 10.1 Å². The first-order chi connectivity index (χ1) is 6.00. The van der Waals surface area contributed by atoms with Crippen molar-refractivity contribution in [3.8, 4) is 0 Å². The van der Waals surface area contributed by atoms with Crippen molar-refractivity contribution < 1.29 is 17.4 Å². The van der Waals surface area contributed by atoms with Crippen molar-refractivity contribution in [1.29, 1.82) is 0 Å². The van der Waals surface area contributed by atoms with Crippen LogP contribution in [0.1, 0.15) is 5.56 Å². The van der Waals surface area contributed by atoms with Crippen LogP contribution < -0.4 is 0 Å². The number of benzene rings is 1. The molecule has 1 aromatic rings. The molecule has 0 aromatic heterocycles. The molecule has 3 nitrogen and oxygen atoms in total. The van der Waals surface area contributed by atoms with Crippen LogP contribution in [-0.2, 0) is 10.1 Å². The number of alkyl halides is 1. The molecule has 0 fully saturated rings. The quantitative estimate of drug-likeness (QED) is 0.711. The summed E-state index contributed by atoms with van der Waals surface area (Å²) in [6, 6.07) is 5.99. The summed E-state index contributed by atoms with van der Waals surface area (Å²) in [5, 5.41) is 0. The molecule has 0 aliphatic rings. The Morgan fingerprint density at radius 1 is 1.15 bits per heavy atom. The van der Waals surface area contributed by atoms with Crippen LogP contribution in [0.15, 0.2) is 29.2 Å². The highest BCUT2D eigenvalue weighted by Gasteiger charge is 2.06. The lowest BCUT2D eigenvalue weighted by atomic mass is 10.2. The Hall–Kier alpha value is -0.940. The highest BCUT2D eigenvalue weighted by Crippen LogP contribution is 2.08. The fraction of sp³-hybridized carbons (Fsp3) is 0.250. The smallest absolute Gasteiger partial charge is 0.282 e. The normalized spacial score (nSPS) is 10.2. The lowest BCUT2D eigenvalue weighted by Gasteiger charge is -1.95. The molecule has 0 bridgehead atoms. The summed E-state index contributed by atoms with van der Waals surface area (Å²) < 4.78 is 39.1. The minimum absolute atomic E-state index is 0.0666. The molecule has 1 N–H and O–H groups in total. The SMILES string of the molecule is C[18F].Cc1ccc(S(=O)(=O)O)cc1. The van der Waals surface area contributed by atoms with E-state index in [1.807, 2.05) is 6.92 Å². The Kier molecular flexibility index (Phi) is 4.58. The summed E-state index contributed by atoms with van der Waals surface area (Å²) >= 11 is 0. The van der Waals surface area contributed by atoms with Crippen molar-refractivity contribution in [2.24, 2.45) is 0 Å². The molecule has 1 aromatic carbocycles. The summed E-state index contributed by atoms with van der Waals surface area (Å²) in [7, 11) is -3.52. The van der Waals surface area contributed by atoms with Gasteiger partial charge in [0.1, 0.15) is 0 Å². The number of hydrogen-bond donors (Lipinski definition) is 1. The lowest BCUT2D eigenvalue weighted by Crippen LogP contribution is -1.96. The van der Waals surface area contributed by atoms with Crippen LogP contribution in [0.25, 0.3) is 0 Å². The molecule has 0 aliphatic carbocycles. The molecule has 1 rings (SSSR count). The van der Waals surface area contributed by atoms with E-state index in [0.29, 0.717) is 7.18 Å². The zero-order valence-electron chi connectivity index (χ0n) is 7.36. The predicted molar refractivity (Wildman–Crippen MR) is 48.0 cm³/mol.